The van der Waals surface area contributed by atoms with Gasteiger partial charge in [0, 0.05) is 30.1 Å². The molecule has 2 aromatic carbocycles. The lowest BCUT2D eigenvalue weighted by Crippen LogP contribution is -2.25. The molecule has 0 N–H and O–H groups in total. The van der Waals surface area contributed by atoms with Crippen LogP contribution in [-0.2, 0) is 4.79 Å². The van der Waals surface area contributed by atoms with E-state index in [1.54, 1.807) is 0 Å². The molecule has 1 unspecified atom stereocenters. The Kier molecular flexibility index (Phi) is 4.07. The fraction of sp³-hybridized carbons (Fsp3) is 0.286. The van der Waals surface area contributed by atoms with Crippen molar-refractivity contribution < 1.29 is 9.32 Å². The Morgan fingerprint density at radius 2 is 1.85 bits per heavy atom. The van der Waals surface area contributed by atoms with Gasteiger partial charge in [-0.15, -0.1) is 0 Å². The van der Waals surface area contributed by atoms with Crippen molar-refractivity contribution in [1.29, 1.82) is 0 Å². The predicted molar refractivity (Wildman–Crippen MR) is 100 cm³/mol. The number of benzene rings is 2. The molecule has 1 atom stereocenters. The first-order valence-corrected chi connectivity index (χ1v) is 8.80. The van der Waals surface area contributed by atoms with Crippen molar-refractivity contribution >= 4 is 11.6 Å². The van der Waals surface area contributed by atoms with E-state index in [9.17, 15) is 4.79 Å². The summed E-state index contributed by atoms with van der Waals surface area (Å²) in [5, 5.41) is 4.15. The first-order chi connectivity index (χ1) is 12.5. The minimum Gasteiger partial charge on any atom is -0.334 e. The number of hydrogen-bond donors (Lipinski definition) is 0. The molecule has 0 saturated carbocycles. The molecule has 1 amide bonds. The summed E-state index contributed by atoms with van der Waals surface area (Å²) in [5.41, 5.74) is 5.36. The zero-order valence-corrected chi connectivity index (χ0v) is 15.2. The standard InChI is InChI=1S/C21H21N3O2/c1-13-8-9-16(10-15(13)3)21-22-20(23-26-21)17-11-19(25)24(12-17)18-7-5-4-6-14(18)2/h4-10,17H,11-12H2,1-3H3. The fourth-order valence-corrected chi connectivity index (χ4v) is 3.37. The molecular formula is C21H21N3O2. The quantitative estimate of drug-likeness (QED) is 0.713. The molecule has 3 aromatic rings. The Morgan fingerprint density at radius 3 is 2.62 bits per heavy atom. The topological polar surface area (TPSA) is 59.2 Å². The Labute approximate surface area is 152 Å². The van der Waals surface area contributed by atoms with Crippen molar-refractivity contribution in [2.24, 2.45) is 0 Å². The third-order valence-corrected chi connectivity index (χ3v) is 5.09. The van der Waals surface area contributed by atoms with Gasteiger partial charge in [-0.25, -0.2) is 0 Å². The summed E-state index contributed by atoms with van der Waals surface area (Å²) in [5.74, 6) is 1.15. The molecule has 132 valence electrons. The summed E-state index contributed by atoms with van der Waals surface area (Å²) in [7, 11) is 0. The van der Waals surface area contributed by atoms with Gasteiger partial charge in [0.05, 0.1) is 0 Å². The average Bonchev–Trinajstić information content (AvgIpc) is 3.25. The van der Waals surface area contributed by atoms with Gasteiger partial charge in [-0.3, -0.25) is 4.79 Å². The van der Waals surface area contributed by atoms with Crippen LogP contribution in [0.5, 0.6) is 0 Å². The summed E-state index contributed by atoms with van der Waals surface area (Å²) in [6.07, 6.45) is 0.403. The lowest BCUT2D eigenvalue weighted by molar-refractivity contribution is -0.117. The second-order valence-electron chi connectivity index (χ2n) is 6.95. The van der Waals surface area contributed by atoms with Crippen molar-refractivity contribution in [2.45, 2.75) is 33.1 Å². The Bertz CT molecular complexity index is 977. The Morgan fingerprint density at radius 1 is 1.04 bits per heavy atom. The van der Waals surface area contributed by atoms with Gasteiger partial charge < -0.3 is 9.42 Å². The summed E-state index contributed by atoms with van der Waals surface area (Å²) in [4.78, 5) is 18.9. The zero-order valence-electron chi connectivity index (χ0n) is 15.2. The highest BCUT2D eigenvalue weighted by molar-refractivity contribution is 5.97. The van der Waals surface area contributed by atoms with Crippen LogP contribution >= 0.6 is 0 Å². The molecule has 5 nitrogen and oxygen atoms in total. The van der Waals surface area contributed by atoms with Crippen LogP contribution in [0.4, 0.5) is 5.69 Å². The number of aryl methyl sites for hydroxylation is 3. The predicted octanol–water partition coefficient (Wildman–Crippen LogP) is 4.18. The van der Waals surface area contributed by atoms with Gasteiger partial charge in [-0.2, -0.15) is 4.98 Å². The van der Waals surface area contributed by atoms with E-state index in [0.29, 0.717) is 24.7 Å². The molecule has 1 aromatic heterocycles. The molecule has 26 heavy (non-hydrogen) atoms. The van der Waals surface area contributed by atoms with Gasteiger partial charge in [0.1, 0.15) is 0 Å². The van der Waals surface area contributed by atoms with Crippen LogP contribution < -0.4 is 4.90 Å². The van der Waals surface area contributed by atoms with Gasteiger partial charge in [-0.05, 0) is 55.7 Å². The molecule has 5 heteroatoms. The van der Waals surface area contributed by atoms with Crippen molar-refractivity contribution in [2.75, 3.05) is 11.4 Å². The van der Waals surface area contributed by atoms with E-state index in [-0.39, 0.29) is 11.8 Å². The lowest BCUT2D eigenvalue weighted by atomic mass is 10.1. The number of nitrogens with zero attached hydrogens (tertiary/aromatic N) is 3. The summed E-state index contributed by atoms with van der Waals surface area (Å²) >= 11 is 0. The van der Waals surface area contributed by atoms with E-state index in [0.717, 1.165) is 16.8 Å². The van der Waals surface area contributed by atoms with E-state index >= 15 is 0 Å². The maximum absolute atomic E-state index is 12.5. The van der Waals surface area contributed by atoms with E-state index in [1.807, 2.05) is 54.3 Å². The summed E-state index contributed by atoms with van der Waals surface area (Å²) in [6.45, 7) is 6.73. The first kappa shape index (κ1) is 16.5. The van der Waals surface area contributed by atoms with Crippen LogP contribution in [0.2, 0.25) is 0 Å². The number of anilines is 1. The molecule has 4 rings (SSSR count). The van der Waals surface area contributed by atoms with Crippen LogP contribution in [0.15, 0.2) is 47.0 Å². The van der Waals surface area contributed by atoms with E-state index in [2.05, 4.69) is 24.0 Å². The second-order valence-corrected chi connectivity index (χ2v) is 6.95. The fourth-order valence-electron chi connectivity index (χ4n) is 3.37. The number of carbonyl (C=O) groups excluding carboxylic acids is 1. The number of para-hydroxylation sites is 1. The maximum atomic E-state index is 12.5. The third kappa shape index (κ3) is 2.90. The molecule has 1 fully saturated rings. The highest BCUT2D eigenvalue weighted by Gasteiger charge is 2.35. The monoisotopic (exact) mass is 347 g/mol. The van der Waals surface area contributed by atoms with Crippen LogP contribution in [0.25, 0.3) is 11.5 Å². The van der Waals surface area contributed by atoms with Crippen LogP contribution in [0, 0.1) is 20.8 Å². The third-order valence-electron chi connectivity index (χ3n) is 5.09. The number of amides is 1. The molecular weight excluding hydrogens is 326 g/mol. The Hall–Kier alpha value is -2.95. The van der Waals surface area contributed by atoms with Gasteiger partial charge >= 0.3 is 0 Å². The number of carbonyl (C=O) groups is 1. The van der Waals surface area contributed by atoms with Crippen LogP contribution in [0.1, 0.15) is 34.9 Å². The first-order valence-electron chi connectivity index (χ1n) is 8.80. The molecule has 1 aliphatic heterocycles. The van der Waals surface area contributed by atoms with Gasteiger partial charge in [-0.1, -0.05) is 29.4 Å². The second kappa shape index (κ2) is 6.41. The molecule has 0 aliphatic carbocycles. The molecule has 0 radical (unpaired) electrons. The minimum atomic E-state index is -0.0499. The molecule has 1 saturated heterocycles. The zero-order chi connectivity index (χ0) is 18.3. The molecule has 0 spiro atoms. The van der Waals surface area contributed by atoms with Gasteiger partial charge in [0.2, 0.25) is 5.91 Å². The number of rotatable bonds is 3. The van der Waals surface area contributed by atoms with Crippen molar-refractivity contribution in [1.82, 2.24) is 10.1 Å². The average molecular weight is 347 g/mol. The minimum absolute atomic E-state index is 0.0499. The molecule has 0 bridgehead atoms. The summed E-state index contributed by atoms with van der Waals surface area (Å²) in [6, 6.07) is 14.0. The number of aromatic nitrogens is 2. The lowest BCUT2D eigenvalue weighted by Gasteiger charge is -2.18. The van der Waals surface area contributed by atoms with E-state index in [4.69, 9.17) is 4.52 Å². The largest absolute Gasteiger partial charge is 0.334 e. The summed E-state index contributed by atoms with van der Waals surface area (Å²) < 4.78 is 5.47. The van der Waals surface area contributed by atoms with E-state index < -0.39 is 0 Å². The maximum Gasteiger partial charge on any atom is 0.257 e. The SMILES string of the molecule is Cc1ccc(-c2nc(C3CC(=O)N(c4ccccc4C)C3)no2)cc1C. The van der Waals surface area contributed by atoms with Crippen molar-refractivity contribution in [3.05, 3.63) is 65.0 Å². The normalized spacial score (nSPS) is 17.1. The highest BCUT2D eigenvalue weighted by atomic mass is 16.5. The number of hydrogen-bond acceptors (Lipinski definition) is 4. The van der Waals surface area contributed by atoms with E-state index in [1.165, 1.54) is 11.1 Å². The molecule has 1 aliphatic rings. The van der Waals surface area contributed by atoms with Gasteiger partial charge in [0.15, 0.2) is 5.82 Å². The van der Waals surface area contributed by atoms with Crippen molar-refractivity contribution in [3.63, 3.8) is 0 Å². The van der Waals surface area contributed by atoms with Crippen LogP contribution in [0.3, 0.4) is 0 Å². The smallest absolute Gasteiger partial charge is 0.257 e. The van der Waals surface area contributed by atoms with Crippen LogP contribution in [-0.4, -0.2) is 22.6 Å². The highest BCUT2D eigenvalue weighted by Crippen LogP contribution is 2.33. The van der Waals surface area contributed by atoms with Gasteiger partial charge in [0.25, 0.3) is 5.89 Å². The van der Waals surface area contributed by atoms with Crippen molar-refractivity contribution in [3.8, 4) is 11.5 Å². The Balaban J connectivity index is 1.58. The molecule has 2 heterocycles.